The first-order chi connectivity index (χ1) is 11.3. The number of rotatable bonds is 8. The van der Waals surface area contributed by atoms with Crippen LogP contribution in [0.2, 0.25) is 0 Å². The number of hydrogen-bond acceptors (Lipinski definition) is 6. The van der Waals surface area contributed by atoms with Crippen molar-refractivity contribution in [3.63, 3.8) is 0 Å². The second kappa shape index (κ2) is 8.32. The number of carbonyl (C=O) groups excluding carboxylic acids is 2. The second-order valence-electron chi connectivity index (χ2n) is 4.74. The zero-order valence-corrected chi connectivity index (χ0v) is 13.8. The van der Waals surface area contributed by atoms with Crippen LogP contribution in [-0.4, -0.2) is 46.2 Å². The summed E-state index contributed by atoms with van der Waals surface area (Å²) in [6.45, 7) is 0. The number of hydrogen-bond donors (Lipinski definition) is 1. The van der Waals surface area contributed by atoms with Crippen LogP contribution in [0.15, 0.2) is 12.1 Å². The lowest BCUT2D eigenvalue weighted by molar-refractivity contribution is -0.149. The van der Waals surface area contributed by atoms with Crippen molar-refractivity contribution in [2.45, 2.75) is 18.8 Å². The molecule has 0 spiro atoms. The number of ether oxygens (including phenoxy) is 4. The molecule has 1 rings (SSSR count). The zero-order chi connectivity index (χ0) is 18.3. The van der Waals surface area contributed by atoms with Gasteiger partial charge in [-0.2, -0.15) is 0 Å². The van der Waals surface area contributed by atoms with E-state index < -0.39 is 30.6 Å². The monoisotopic (exact) mass is 347 g/mol. The number of carbonyl (C=O) groups is 2. The van der Waals surface area contributed by atoms with Gasteiger partial charge in [-0.05, 0) is 0 Å². The first-order valence-electron chi connectivity index (χ1n) is 6.80. The summed E-state index contributed by atoms with van der Waals surface area (Å²) in [7, 11) is 5.11. The van der Waals surface area contributed by atoms with Crippen molar-refractivity contribution in [1.82, 2.24) is 0 Å². The van der Waals surface area contributed by atoms with Gasteiger partial charge in [0.15, 0.2) is 0 Å². The molecule has 1 N–H and O–H groups in total. The van der Waals surface area contributed by atoms with Crippen molar-refractivity contribution in [3.8, 4) is 17.2 Å². The molecule has 134 valence electrons. The molecule has 0 fully saturated rings. The van der Waals surface area contributed by atoms with E-state index in [1.807, 2.05) is 0 Å². The van der Waals surface area contributed by atoms with E-state index in [1.54, 1.807) is 0 Å². The van der Waals surface area contributed by atoms with E-state index in [2.05, 4.69) is 10.1 Å². The molecular formula is C15H19F2NO6. The van der Waals surface area contributed by atoms with Gasteiger partial charge in [-0.25, -0.2) is 8.78 Å². The van der Waals surface area contributed by atoms with Crippen LogP contribution in [0.25, 0.3) is 0 Å². The van der Waals surface area contributed by atoms with Gasteiger partial charge in [0.2, 0.25) is 5.91 Å². The van der Waals surface area contributed by atoms with Crippen LogP contribution in [-0.2, 0) is 14.3 Å². The Morgan fingerprint density at radius 3 is 1.96 bits per heavy atom. The highest BCUT2D eigenvalue weighted by molar-refractivity contribution is 5.95. The maximum Gasteiger partial charge on any atom is 0.311 e. The topological polar surface area (TPSA) is 83.1 Å². The first-order valence-corrected chi connectivity index (χ1v) is 6.80. The Labute approximate surface area is 137 Å². The smallest absolute Gasteiger partial charge is 0.311 e. The molecule has 0 aliphatic rings. The summed E-state index contributed by atoms with van der Waals surface area (Å²) in [6, 6.07) is 2.93. The summed E-state index contributed by atoms with van der Waals surface area (Å²) >= 11 is 0. The van der Waals surface area contributed by atoms with E-state index >= 15 is 0 Å². The van der Waals surface area contributed by atoms with Crippen molar-refractivity contribution in [3.05, 3.63) is 12.1 Å². The highest BCUT2D eigenvalue weighted by atomic mass is 19.3. The molecule has 9 heteroatoms. The van der Waals surface area contributed by atoms with Gasteiger partial charge >= 0.3 is 5.97 Å². The number of alkyl halides is 2. The van der Waals surface area contributed by atoms with Gasteiger partial charge in [-0.3, -0.25) is 9.59 Å². The fourth-order valence-corrected chi connectivity index (χ4v) is 1.89. The third-order valence-electron chi connectivity index (χ3n) is 3.03. The zero-order valence-electron chi connectivity index (χ0n) is 13.8. The van der Waals surface area contributed by atoms with Crippen LogP contribution >= 0.6 is 0 Å². The molecule has 1 aromatic rings. The van der Waals surface area contributed by atoms with Crippen LogP contribution in [0.3, 0.4) is 0 Å². The van der Waals surface area contributed by atoms with Crippen molar-refractivity contribution in [2.75, 3.05) is 33.8 Å². The SMILES string of the molecule is COC(=O)CC(F)(F)CC(=O)Nc1c(OC)cc(OC)cc1OC. The van der Waals surface area contributed by atoms with Gasteiger partial charge < -0.3 is 24.3 Å². The minimum atomic E-state index is -3.54. The predicted octanol–water partition coefficient (Wildman–Crippen LogP) is 2.24. The molecule has 0 radical (unpaired) electrons. The molecule has 24 heavy (non-hydrogen) atoms. The normalized spacial score (nSPS) is 10.8. The average molecular weight is 347 g/mol. The minimum Gasteiger partial charge on any atom is -0.496 e. The predicted molar refractivity (Wildman–Crippen MR) is 80.9 cm³/mol. The summed E-state index contributed by atoms with van der Waals surface area (Å²) in [5, 5.41) is 2.30. The number of nitrogens with one attached hydrogen (secondary N) is 1. The van der Waals surface area contributed by atoms with Crippen molar-refractivity contribution in [1.29, 1.82) is 0 Å². The quantitative estimate of drug-likeness (QED) is 0.726. The molecule has 7 nitrogen and oxygen atoms in total. The summed E-state index contributed by atoms with van der Waals surface area (Å²) < 4.78 is 46.8. The molecule has 0 heterocycles. The summed E-state index contributed by atoms with van der Waals surface area (Å²) in [5.74, 6) is -4.90. The third kappa shape index (κ3) is 5.25. The molecular weight excluding hydrogens is 328 g/mol. The van der Waals surface area contributed by atoms with Gasteiger partial charge in [-0.1, -0.05) is 0 Å². The molecule has 1 aromatic carbocycles. The Hall–Kier alpha value is -2.58. The van der Waals surface area contributed by atoms with Crippen molar-refractivity contribution >= 4 is 17.6 Å². The fraction of sp³-hybridized carbons (Fsp3) is 0.467. The van der Waals surface area contributed by atoms with Crippen LogP contribution < -0.4 is 19.5 Å². The molecule has 0 saturated heterocycles. The first kappa shape index (κ1) is 19.5. The van der Waals surface area contributed by atoms with Gasteiger partial charge in [0.25, 0.3) is 5.92 Å². The van der Waals surface area contributed by atoms with Crippen LogP contribution in [0, 0.1) is 0 Å². The van der Waals surface area contributed by atoms with E-state index in [4.69, 9.17) is 14.2 Å². The second-order valence-corrected chi connectivity index (χ2v) is 4.74. The van der Waals surface area contributed by atoms with E-state index in [1.165, 1.54) is 33.5 Å². The molecule has 0 aliphatic carbocycles. The maximum atomic E-state index is 13.7. The number of methoxy groups -OCH3 is 4. The molecule has 0 saturated carbocycles. The molecule has 0 unspecified atom stereocenters. The molecule has 0 aromatic heterocycles. The largest absolute Gasteiger partial charge is 0.496 e. The Bertz CT molecular complexity index is 581. The van der Waals surface area contributed by atoms with Gasteiger partial charge in [-0.15, -0.1) is 0 Å². The fourth-order valence-electron chi connectivity index (χ4n) is 1.89. The van der Waals surface area contributed by atoms with E-state index in [-0.39, 0.29) is 17.2 Å². The summed E-state index contributed by atoms with van der Waals surface area (Å²) in [4.78, 5) is 22.9. The van der Waals surface area contributed by atoms with Crippen molar-refractivity contribution in [2.24, 2.45) is 0 Å². The molecule has 1 amide bonds. The maximum absolute atomic E-state index is 13.7. The standard InChI is InChI=1S/C15H19F2NO6/c1-21-9-5-10(22-2)14(11(6-9)23-3)18-12(19)7-15(16,17)8-13(20)24-4/h5-6H,7-8H2,1-4H3,(H,18,19). The average Bonchev–Trinajstić information content (AvgIpc) is 2.53. The Balaban J connectivity index is 2.95. The highest BCUT2D eigenvalue weighted by Gasteiger charge is 2.36. The third-order valence-corrected chi connectivity index (χ3v) is 3.03. The number of esters is 1. The summed E-state index contributed by atoms with van der Waals surface area (Å²) in [6.07, 6.45) is -2.38. The number of benzene rings is 1. The number of anilines is 1. The van der Waals surface area contributed by atoms with Gasteiger partial charge in [0.1, 0.15) is 29.4 Å². The summed E-state index contributed by atoms with van der Waals surface area (Å²) in [5.41, 5.74) is 0.0830. The molecule has 0 aliphatic heterocycles. The Morgan fingerprint density at radius 1 is 1.00 bits per heavy atom. The van der Waals surface area contributed by atoms with E-state index in [0.29, 0.717) is 5.75 Å². The van der Waals surface area contributed by atoms with Crippen LogP contribution in [0.1, 0.15) is 12.8 Å². The Morgan fingerprint density at radius 2 is 1.54 bits per heavy atom. The molecule has 0 atom stereocenters. The molecule has 0 bridgehead atoms. The van der Waals surface area contributed by atoms with Gasteiger partial charge in [0, 0.05) is 12.1 Å². The Kier molecular flexibility index (Phi) is 6.75. The van der Waals surface area contributed by atoms with Crippen LogP contribution in [0.4, 0.5) is 14.5 Å². The number of amides is 1. The lowest BCUT2D eigenvalue weighted by Crippen LogP contribution is -2.28. The van der Waals surface area contributed by atoms with E-state index in [0.717, 1.165) is 7.11 Å². The number of halogens is 2. The highest BCUT2D eigenvalue weighted by Crippen LogP contribution is 2.39. The lowest BCUT2D eigenvalue weighted by atomic mass is 10.1. The lowest BCUT2D eigenvalue weighted by Gasteiger charge is -2.18. The van der Waals surface area contributed by atoms with Crippen molar-refractivity contribution < 1.29 is 37.3 Å². The minimum absolute atomic E-state index is 0.0830. The van der Waals surface area contributed by atoms with Gasteiger partial charge in [0.05, 0.1) is 34.9 Å². The van der Waals surface area contributed by atoms with Crippen LogP contribution in [0.5, 0.6) is 17.2 Å². The van der Waals surface area contributed by atoms with E-state index in [9.17, 15) is 18.4 Å².